The van der Waals surface area contributed by atoms with Gasteiger partial charge in [0.1, 0.15) is 0 Å². The van der Waals surface area contributed by atoms with E-state index in [1.54, 1.807) is 0 Å². The lowest BCUT2D eigenvalue weighted by Crippen LogP contribution is -2.36. The number of carbonyl (C=O) groups excluding carboxylic acids is 1. The summed E-state index contributed by atoms with van der Waals surface area (Å²) >= 11 is 1.82. The molecule has 3 aliphatic rings. The Morgan fingerprint density at radius 3 is 2.91 bits per heavy atom. The van der Waals surface area contributed by atoms with Crippen LogP contribution in [0.5, 0.6) is 0 Å². The highest BCUT2D eigenvalue weighted by molar-refractivity contribution is 7.09. The first-order valence-corrected chi connectivity index (χ1v) is 9.47. The quantitative estimate of drug-likeness (QED) is 0.797. The fourth-order valence-electron chi connectivity index (χ4n) is 3.99. The van der Waals surface area contributed by atoms with Gasteiger partial charge in [-0.3, -0.25) is 9.69 Å². The van der Waals surface area contributed by atoms with Crippen LogP contribution in [-0.4, -0.2) is 54.6 Å². The van der Waals surface area contributed by atoms with Crippen LogP contribution in [0.25, 0.3) is 0 Å². The van der Waals surface area contributed by atoms with Crippen molar-refractivity contribution in [2.45, 2.75) is 25.5 Å². The second-order valence-corrected chi connectivity index (χ2v) is 7.90. The van der Waals surface area contributed by atoms with E-state index >= 15 is 0 Å². The molecule has 3 heterocycles. The summed E-state index contributed by atoms with van der Waals surface area (Å²) in [6.07, 6.45) is 6.32. The molecule has 4 rings (SSSR count). The van der Waals surface area contributed by atoms with Crippen molar-refractivity contribution in [3.8, 4) is 0 Å². The largest absolute Gasteiger partial charge is 0.375 e. The number of likely N-dealkylation sites (tertiary alicyclic amines) is 1. The van der Waals surface area contributed by atoms with Crippen molar-refractivity contribution in [2.75, 3.05) is 32.8 Å². The zero-order valence-electron chi connectivity index (χ0n) is 13.4. The molecule has 124 valence electrons. The first kappa shape index (κ1) is 15.4. The van der Waals surface area contributed by atoms with Gasteiger partial charge < -0.3 is 9.64 Å². The number of carbonyl (C=O) groups is 1. The Kier molecular flexibility index (Phi) is 4.51. The van der Waals surface area contributed by atoms with Crippen LogP contribution >= 0.6 is 11.3 Å². The lowest BCUT2D eigenvalue weighted by Gasteiger charge is -2.24. The number of rotatable bonds is 3. The molecule has 0 saturated carbocycles. The predicted molar refractivity (Wildman–Crippen MR) is 91.3 cm³/mol. The van der Waals surface area contributed by atoms with E-state index in [0.29, 0.717) is 11.8 Å². The lowest BCUT2D eigenvalue weighted by molar-refractivity contribution is -0.134. The minimum absolute atomic E-state index is 0.180. The summed E-state index contributed by atoms with van der Waals surface area (Å²) in [5, 5.41) is 2.14. The Morgan fingerprint density at radius 1 is 1.26 bits per heavy atom. The standard InChI is InChI=1S/C18H24N2O2S/c21-18(14-4-1-2-5-14)20-11-15-10-19(7-8-22-17(15)13-20)12-16-6-3-9-23-16/h1-3,6,9,14-15,17H,4-5,7-8,10-13H2/t15-,17+/m1/s1. The molecule has 1 aromatic rings. The van der Waals surface area contributed by atoms with Crippen LogP contribution in [0.15, 0.2) is 29.7 Å². The molecule has 2 atom stereocenters. The van der Waals surface area contributed by atoms with Crippen molar-refractivity contribution in [1.82, 2.24) is 9.80 Å². The number of nitrogens with zero attached hydrogens (tertiary/aromatic N) is 2. The van der Waals surface area contributed by atoms with Crippen LogP contribution < -0.4 is 0 Å². The molecule has 0 unspecified atom stereocenters. The van der Waals surface area contributed by atoms with Crippen molar-refractivity contribution in [3.05, 3.63) is 34.5 Å². The molecule has 4 nitrogen and oxygen atoms in total. The Morgan fingerprint density at radius 2 is 2.13 bits per heavy atom. The zero-order chi connectivity index (χ0) is 15.6. The molecule has 5 heteroatoms. The minimum Gasteiger partial charge on any atom is -0.375 e. The molecule has 0 bridgehead atoms. The summed E-state index contributed by atoms with van der Waals surface area (Å²) in [5.74, 6) is 0.965. The van der Waals surface area contributed by atoms with Gasteiger partial charge in [0.2, 0.25) is 5.91 Å². The SMILES string of the molecule is O=C(C1CC=CC1)N1C[C@H]2CN(Cc3cccs3)CCO[C@H]2C1. The van der Waals surface area contributed by atoms with E-state index in [4.69, 9.17) is 4.74 Å². The van der Waals surface area contributed by atoms with E-state index in [2.05, 4.69) is 39.5 Å². The molecule has 1 aromatic heterocycles. The van der Waals surface area contributed by atoms with E-state index < -0.39 is 0 Å². The number of allylic oxidation sites excluding steroid dienone is 2. The highest BCUT2D eigenvalue weighted by Crippen LogP contribution is 2.28. The van der Waals surface area contributed by atoms with Gasteiger partial charge in [-0.1, -0.05) is 18.2 Å². The summed E-state index contributed by atoms with van der Waals surface area (Å²) in [5.41, 5.74) is 0. The minimum atomic E-state index is 0.180. The van der Waals surface area contributed by atoms with E-state index in [9.17, 15) is 4.79 Å². The summed E-state index contributed by atoms with van der Waals surface area (Å²) < 4.78 is 6.07. The van der Waals surface area contributed by atoms with Gasteiger partial charge in [-0.2, -0.15) is 0 Å². The van der Waals surface area contributed by atoms with Gasteiger partial charge in [0, 0.05) is 49.4 Å². The summed E-state index contributed by atoms with van der Waals surface area (Å²) in [7, 11) is 0. The first-order chi connectivity index (χ1) is 11.3. The topological polar surface area (TPSA) is 32.8 Å². The molecular formula is C18H24N2O2S. The number of thiophene rings is 1. The van der Waals surface area contributed by atoms with Crippen LogP contribution in [-0.2, 0) is 16.1 Å². The number of amides is 1. The molecule has 0 radical (unpaired) electrons. The molecule has 1 amide bonds. The lowest BCUT2D eigenvalue weighted by atomic mass is 10.1. The van der Waals surface area contributed by atoms with Gasteiger partial charge >= 0.3 is 0 Å². The molecular weight excluding hydrogens is 308 g/mol. The van der Waals surface area contributed by atoms with Crippen molar-refractivity contribution in [2.24, 2.45) is 11.8 Å². The molecule has 1 aliphatic carbocycles. The summed E-state index contributed by atoms with van der Waals surface area (Å²) in [6, 6.07) is 4.31. The van der Waals surface area contributed by atoms with Crippen LogP contribution in [0.4, 0.5) is 0 Å². The maximum absolute atomic E-state index is 12.6. The van der Waals surface area contributed by atoms with Gasteiger partial charge in [-0.25, -0.2) is 0 Å². The number of hydrogen-bond donors (Lipinski definition) is 0. The van der Waals surface area contributed by atoms with E-state index in [-0.39, 0.29) is 12.0 Å². The summed E-state index contributed by atoms with van der Waals surface area (Å²) in [4.78, 5) is 18.6. The van der Waals surface area contributed by atoms with E-state index in [1.807, 2.05) is 11.3 Å². The molecule has 2 fully saturated rings. The maximum Gasteiger partial charge on any atom is 0.226 e. The Bertz CT molecular complexity index is 564. The van der Waals surface area contributed by atoms with Crippen molar-refractivity contribution >= 4 is 17.2 Å². The summed E-state index contributed by atoms with van der Waals surface area (Å²) in [6.45, 7) is 5.46. The van der Waals surface area contributed by atoms with Gasteiger partial charge in [0.05, 0.1) is 12.7 Å². The van der Waals surface area contributed by atoms with Crippen LogP contribution in [0.3, 0.4) is 0 Å². The first-order valence-electron chi connectivity index (χ1n) is 8.60. The Labute approximate surface area is 141 Å². The highest BCUT2D eigenvalue weighted by atomic mass is 32.1. The van der Waals surface area contributed by atoms with Gasteiger partial charge in [-0.15, -0.1) is 11.3 Å². The second kappa shape index (κ2) is 6.75. The van der Waals surface area contributed by atoms with Gasteiger partial charge in [0.25, 0.3) is 0 Å². The van der Waals surface area contributed by atoms with Crippen LogP contribution in [0.2, 0.25) is 0 Å². The second-order valence-electron chi connectivity index (χ2n) is 6.87. The van der Waals surface area contributed by atoms with E-state index in [1.165, 1.54) is 4.88 Å². The van der Waals surface area contributed by atoms with Crippen LogP contribution in [0, 0.1) is 11.8 Å². The smallest absolute Gasteiger partial charge is 0.226 e. The molecule has 23 heavy (non-hydrogen) atoms. The van der Waals surface area contributed by atoms with Gasteiger partial charge in [0.15, 0.2) is 0 Å². The molecule has 0 spiro atoms. The monoisotopic (exact) mass is 332 g/mol. The van der Waals surface area contributed by atoms with E-state index in [0.717, 1.165) is 52.2 Å². The predicted octanol–water partition coefficient (Wildman–Crippen LogP) is 2.37. The third-order valence-electron chi connectivity index (χ3n) is 5.24. The van der Waals surface area contributed by atoms with Crippen LogP contribution in [0.1, 0.15) is 17.7 Å². The third kappa shape index (κ3) is 3.37. The molecule has 0 N–H and O–H groups in total. The third-order valence-corrected chi connectivity index (χ3v) is 6.10. The molecule has 2 saturated heterocycles. The molecule has 0 aromatic carbocycles. The maximum atomic E-state index is 12.6. The highest BCUT2D eigenvalue weighted by Gasteiger charge is 2.40. The average Bonchev–Trinajstić information content (AvgIpc) is 3.28. The van der Waals surface area contributed by atoms with Gasteiger partial charge in [-0.05, 0) is 24.3 Å². The van der Waals surface area contributed by atoms with Crippen molar-refractivity contribution in [1.29, 1.82) is 0 Å². The van der Waals surface area contributed by atoms with Crippen molar-refractivity contribution in [3.63, 3.8) is 0 Å². The number of hydrogen-bond acceptors (Lipinski definition) is 4. The average molecular weight is 332 g/mol. The Hall–Kier alpha value is -1.17. The fourth-order valence-corrected chi connectivity index (χ4v) is 4.73. The normalized spacial score (nSPS) is 29.0. The number of fused-ring (bicyclic) bond motifs is 1. The Balaban J connectivity index is 1.37. The zero-order valence-corrected chi connectivity index (χ0v) is 14.2. The fraction of sp³-hybridized carbons (Fsp3) is 0.611. The number of ether oxygens (including phenoxy) is 1. The van der Waals surface area contributed by atoms with Crippen molar-refractivity contribution < 1.29 is 9.53 Å². The molecule has 2 aliphatic heterocycles.